The van der Waals surface area contributed by atoms with E-state index in [4.69, 9.17) is 9.47 Å². The van der Waals surface area contributed by atoms with E-state index in [2.05, 4.69) is 36.5 Å². The molecule has 0 spiro atoms. The normalized spacial score (nSPS) is 13.4. The highest BCUT2D eigenvalue weighted by Gasteiger charge is 2.32. The van der Waals surface area contributed by atoms with Crippen LogP contribution in [0.25, 0.3) is 10.9 Å². The van der Waals surface area contributed by atoms with Gasteiger partial charge in [-0.05, 0) is 57.9 Å². The van der Waals surface area contributed by atoms with E-state index < -0.39 is 11.7 Å². The molecule has 4 rings (SSSR count). The van der Waals surface area contributed by atoms with E-state index in [0.29, 0.717) is 18.0 Å². The van der Waals surface area contributed by atoms with E-state index in [1.165, 1.54) is 0 Å². The summed E-state index contributed by atoms with van der Waals surface area (Å²) in [6.45, 7) is 5.96. The number of pyridine rings is 2. The third-order valence-electron chi connectivity index (χ3n) is 5.07. The maximum Gasteiger partial charge on any atom is 0.407 e. The summed E-state index contributed by atoms with van der Waals surface area (Å²) in [4.78, 5) is 33.4. The Kier molecular flexibility index (Phi) is 7.02. The molecule has 2 aromatic heterocycles. The Morgan fingerprint density at radius 2 is 1.91 bits per heavy atom. The number of ketones is 1. The van der Waals surface area contributed by atoms with Gasteiger partial charge in [0.2, 0.25) is 5.88 Å². The van der Waals surface area contributed by atoms with E-state index in [0.717, 1.165) is 39.6 Å². The molecule has 2 heterocycles. The zero-order chi connectivity index (χ0) is 24.3. The molecule has 0 saturated heterocycles. The minimum absolute atomic E-state index is 0.0788. The summed E-state index contributed by atoms with van der Waals surface area (Å²) in [7, 11) is 0. The Hall–Kier alpha value is -3.20. The van der Waals surface area contributed by atoms with Crippen LogP contribution in [0.4, 0.5) is 16.2 Å². The zero-order valence-electron chi connectivity index (χ0n) is 19.4. The van der Waals surface area contributed by atoms with Crippen molar-refractivity contribution in [2.75, 3.05) is 18.5 Å². The summed E-state index contributed by atoms with van der Waals surface area (Å²) in [5.41, 5.74) is 2.27. The molecule has 9 heteroatoms. The number of nitrogens with one attached hydrogen (secondary N) is 2. The maximum atomic E-state index is 12.9. The Balaban J connectivity index is 1.43. The zero-order valence-corrected chi connectivity index (χ0v) is 20.9. The summed E-state index contributed by atoms with van der Waals surface area (Å²) in [5.74, 6) is 0.616. The number of ether oxygens (including phenoxy) is 2. The van der Waals surface area contributed by atoms with E-state index in [-0.39, 0.29) is 18.3 Å². The Bertz CT molecular complexity index is 1200. The minimum Gasteiger partial charge on any atom is -0.476 e. The van der Waals surface area contributed by atoms with E-state index in [9.17, 15) is 9.59 Å². The highest BCUT2D eigenvalue weighted by atomic mass is 79.9. The predicted molar refractivity (Wildman–Crippen MR) is 134 cm³/mol. The smallest absolute Gasteiger partial charge is 0.407 e. The van der Waals surface area contributed by atoms with Crippen LogP contribution in [0.3, 0.4) is 0 Å². The number of rotatable bonds is 8. The summed E-state index contributed by atoms with van der Waals surface area (Å²) in [6.07, 6.45) is 4.65. The highest BCUT2D eigenvalue weighted by molar-refractivity contribution is 9.10. The average molecular weight is 527 g/mol. The number of fused-ring (bicyclic) bond motifs is 1. The molecule has 34 heavy (non-hydrogen) atoms. The summed E-state index contributed by atoms with van der Waals surface area (Å²) in [5, 5.41) is 6.86. The molecule has 178 valence electrons. The van der Waals surface area contributed by atoms with Crippen LogP contribution in [-0.2, 0) is 4.74 Å². The lowest BCUT2D eigenvalue weighted by Gasteiger charge is -2.19. The second-order valence-electron chi connectivity index (χ2n) is 9.13. The van der Waals surface area contributed by atoms with Crippen molar-refractivity contribution >= 4 is 50.1 Å². The van der Waals surface area contributed by atoms with Gasteiger partial charge in [0.15, 0.2) is 5.78 Å². The number of anilines is 2. The number of hydrogen-bond acceptors (Lipinski definition) is 7. The molecule has 1 saturated carbocycles. The van der Waals surface area contributed by atoms with Crippen molar-refractivity contribution in [3.05, 3.63) is 52.8 Å². The molecule has 0 radical (unpaired) electrons. The summed E-state index contributed by atoms with van der Waals surface area (Å²) >= 11 is 3.51. The first kappa shape index (κ1) is 23.9. The van der Waals surface area contributed by atoms with Crippen LogP contribution < -0.4 is 15.4 Å². The maximum absolute atomic E-state index is 12.9. The van der Waals surface area contributed by atoms with Crippen molar-refractivity contribution in [2.24, 2.45) is 5.92 Å². The first-order valence-corrected chi connectivity index (χ1v) is 11.9. The monoisotopic (exact) mass is 526 g/mol. The van der Waals surface area contributed by atoms with Crippen molar-refractivity contribution in [3.63, 3.8) is 0 Å². The van der Waals surface area contributed by atoms with Crippen LogP contribution in [-0.4, -0.2) is 40.6 Å². The van der Waals surface area contributed by atoms with Crippen LogP contribution >= 0.6 is 15.9 Å². The number of nitrogens with zero attached hydrogens (tertiary/aromatic N) is 2. The number of hydrogen-bond donors (Lipinski definition) is 2. The number of alkyl carbamates (subject to hydrolysis) is 1. The number of aromatic nitrogens is 2. The van der Waals surface area contributed by atoms with Gasteiger partial charge in [0.1, 0.15) is 12.2 Å². The Morgan fingerprint density at radius 1 is 1.12 bits per heavy atom. The predicted octanol–water partition coefficient (Wildman–Crippen LogP) is 5.63. The standard InChI is InChI=1S/C25H27BrN4O4/c1-25(2,3)34-24(32)27-10-11-33-21-9-7-17(13-29-21)30-22-18-12-16(26)6-8-20(18)28-14-19(22)23(31)15-4-5-15/h6-9,12-15H,4-5,10-11H2,1-3H3,(H,27,32)(H,28,30). The van der Waals surface area contributed by atoms with Gasteiger partial charge in [-0.15, -0.1) is 0 Å². The van der Waals surface area contributed by atoms with Gasteiger partial charge in [0.05, 0.1) is 35.2 Å². The van der Waals surface area contributed by atoms with Gasteiger partial charge in [-0.25, -0.2) is 9.78 Å². The van der Waals surface area contributed by atoms with Gasteiger partial charge < -0.3 is 20.1 Å². The van der Waals surface area contributed by atoms with Crippen molar-refractivity contribution < 1.29 is 19.1 Å². The van der Waals surface area contributed by atoms with Crippen molar-refractivity contribution in [1.29, 1.82) is 0 Å². The number of carbonyl (C=O) groups excluding carboxylic acids is 2. The SMILES string of the molecule is CC(C)(C)OC(=O)NCCOc1ccc(Nc2c(C(=O)C3CC3)cnc3ccc(Br)cc23)cn1. The quantitative estimate of drug-likeness (QED) is 0.289. The molecule has 1 fully saturated rings. The molecule has 1 aliphatic rings. The molecule has 0 atom stereocenters. The average Bonchev–Trinajstić information content (AvgIpc) is 3.62. The Morgan fingerprint density at radius 3 is 2.59 bits per heavy atom. The Labute approximate surface area is 206 Å². The van der Waals surface area contributed by atoms with E-state index in [1.807, 2.05) is 24.3 Å². The van der Waals surface area contributed by atoms with Crippen LogP contribution in [0.5, 0.6) is 5.88 Å². The van der Waals surface area contributed by atoms with Crippen LogP contribution in [0.1, 0.15) is 44.0 Å². The fourth-order valence-electron chi connectivity index (χ4n) is 3.36. The topological polar surface area (TPSA) is 102 Å². The lowest BCUT2D eigenvalue weighted by atomic mass is 10.0. The minimum atomic E-state index is -0.547. The third kappa shape index (κ3) is 6.22. The molecule has 2 N–H and O–H groups in total. The van der Waals surface area contributed by atoms with Gasteiger partial charge >= 0.3 is 6.09 Å². The van der Waals surface area contributed by atoms with Gasteiger partial charge in [-0.3, -0.25) is 9.78 Å². The molecular weight excluding hydrogens is 500 g/mol. The van der Waals surface area contributed by atoms with Crippen LogP contribution in [0.15, 0.2) is 47.2 Å². The summed E-state index contributed by atoms with van der Waals surface area (Å²) in [6, 6.07) is 9.36. The van der Waals surface area contributed by atoms with Gasteiger partial charge in [-0.2, -0.15) is 0 Å². The first-order valence-electron chi connectivity index (χ1n) is 11.1. The molecule has 3 aromatic rings. The molecule has 8 nitrogen and oxygen atoms in total. The second kappa shape index (κ2) is 9.97. The lowest BCUT2D eigenvalue weighted by molar-refractivity contribution is 0.0519. The number of amides is 1. The molecule has 0 unspecified atom stereocenters. The number of Topliss-reactive ketones (excluding diaryl/α,β-unsaturated/α-hetero) is 1. The molecule has 1 amide bonds. The molecule has 1 aliphatic carbocycles. The van der Waals surface area contributed by atoms with Crippen molar-refractivity contribution in [3.8, 4) is 5.88 Å². The van der Waals surface area contributed by atoms with Gasteiger partial charge in [0, 0.05) is 28.0 Å². The number of carbonyl (C=O) groups is 2. The lowest BCUT2D eigenvalue weighted by Crippen LogP contribution is -2.34. The number of halogens is 1. The first-order chi connectivity index (χ1) is 16.2. The second-order valence-corrected chi connectivity index (χ2v) is 10.0. The van der Waals surface area contributed by atoms with Gasteiger partial charge in [-0.1, -0.05) is 15.9 Å². The highest BCUT2D eigenvalue weighted by Crippen LogP contribution is 2.38. The van der Waals surface area contributed by atoms with Gasteiger partial charge in [0.25, 0.3) is 0 Å². The van der Waals surface area contributed by atoms with Crippen molar-refractivity contribution in [2.45, 2.75) is 39.2 Å². The van der Waals surface area contributed by atoms with E-state index >= 15 is 0 Å². The number of benzene rings is 1. The van der Waals surface area contributed by atoms with Crippen molar-refractivity contribution in [1.82, 2.24) is 15.3 Å². The molecule has 0 aliphatic heterocycles. The molecule has 1 aromatic carbocycles. The van der Waals surface area contributed by atoms with E-state index in [1.54, 1.807) is 39.2 Å². The fourth-order valence-corrected chi connectivity index (χ4v) is 3.72. The third-order valence-corrected chi connectivity index (χ3v) is 5.56. The molecule has 0 bridgehead atoms. The molecular formula is C25H27BrN4O4. The largest absolute Gasteiger partial charge is 0.476 e. The summed E-state index contributed by atoms with van der Waals surface area (Å²) < 4.78 is 11.7. The van der Waals surface area contributed by atoms with Crippen LogP contribution in [0, 0.1) is 5.92 Å². The van der Waals surface area contributed by atoms with Crippen LogP contribution in [0.2, 0.25) is 0 Å². The fraction of sp³-hybridized carbons (Fsp3) is 0.360.